The lowest BCUT2D eigenvalue weighted by Crippen LogP contribution is -2.55. The van der Waals surface area contributed by atoms with Crippen molar-refractivity contribution in [3.63, 3.8) is 0 Å². The van der Waals surface area contributed by atoms with E-state index in [4.69, 9.17) is 0 Å². The third kappa shape index (κ3) is 3.88. The summed E-state index contributed by atoms with van der Waals surface area (Å²) >= 11 is 0. The molecule has 1 saturated carbocycles. The lowest BCUT2D eigenvalue weighted by Gasteiger charge is -2.37. The minimum atomic E-state index is -3.42. The highest BCUT2D eigenvalue weighted by molar-refractivity contribution is 7.90. The maximum absolute atomic E-state index is 13.0. The van der Waals surface area contributed by atoms with E-state index < -0.39 is 15.3 Å². The Morgan fingerprint density at radius 3 is 2.70 bits per heavy atom. The average molecular weight is 401 g/mol. The summed E-state index contributed by atoms with van der Waals surface area (Å²) in [4.78, 5) is 13.7. The van der Waals surface area contributed by atoms with Crippen molar-refractivity contribution in [1.82, 2.24) is 30.5 Å². The van der Waals surface area contributed by atoms with Crippen LogP contribution in [0.3, 0.4) is 0 Å². The molecular formula is C17H32N6O3S. The van der Waals surface area contributed by atoms with Crippen LogP contribution in [-0.2, 0) is 14.8 Å². The van der Waals surface area contributed by atoms with E-state index in [0.29, 0.717) is 25.4 Å². The van der Waals surface area contributed by atoms with Crippen molar-refractivity contribution >= 4 is 15.9 Å². The molecule has 0 bridgehead atoms. The van der Waals surface area contributed by atoms with Gasteiger partial charge in [0, 0.05) is 64.8 Å². The summed E-state index contributed by atoms with van der Waals surface area (Å²) in [5, 5.41) is 3.58. The molecule has 5 atom stereocenters. The second-order valence-corrected chi connectivity index (χ2v) is 10.5. The molecule has 3 aliphatic heterocycles. The molecular weight excluding hydrogens is 368 g/mol. The molecule has 1 amide bonds. The summed E-state index contributed by atoms with van der Waals surface area (Å²) in [6.07, 6.45) is 4.43. The molecule has 1 aliphatic carbocycles. The van der Waals surface area contributed by atoms with Gasteiger partial charge in [-0.1, -0.05) is 6.42 Å². The normalized spacial score (nSPS) is 39.1. The monoisotopic (exact) mass is 400 g/mol. The lowest BCUT2D eigenvalue weighted by molar-refractivity contribution is -0.134. The molecule has 0 aromatic heterocycles. The smallest absolute Gasteiger partial charge is 0.223 e. The minimum Gasteiger partial charge on any atom is -0.346 e. The van der Waals surface area contributed by atoms with Crippen LogP contribution < -0.4 is 15.6 Å². The predicted molar refractivity (Wildman–Crippen MR) is 102 cm³/mol. The number of carbonyl (C=O) groups is 1. The van der Waals surface area contributed by atoms with Crippen LogP contribution in [0.4, 0.5) is 0 Å². The van der Waals surface area contributed by atoms with Gasteiger partial charge in [0.15, 0.2) is 0 Å². The van der Waals surface area contributed by atoms with Crippen LogP contribution >= 0.6 is 0 Å². The van der Waals surface area contributed by atoms with Gasteiger partial charge in [-0.3, -0.25) is 15.6 Å². The number of nitrogens with zero attached hydrogens (tertiary/aromatic N) is 3. The first kappa shape index (κ1) is 19.5. The van der Waals surface area contributed by atoms with Gasteiger partial charge >= 0.3 is 0 Å². The van der Waals surface area contributed by atoms with Crippen LogP contribution in [0.15, 0.2) is 0 Å². The van der Waals surface area contributed by atoms with Crippen LogP contribution in [0, 0.1) is 5.92 Å². The summed E-state index contributed by atoms with van der Waals surface area (Å²) in [7, 11) is 0.405. The number of hydrazine groups is 2. The Morgan fingerprint density at radius 2 is 1.93 bits per heavy atom. The fraction of sp³-hybridized carbons (Fsp3) is 0.941. The number of sulfonamides is 1. The molecule has 9 nitrogen and oxygen atoms in total. The molecule has 154 valence electrons. The maximum atomic E-state index is 13.0. The second kappa shape index (κ2) is 7.57. The van der Waals surface area contributed by atoms with Crippen molar-refractivity contribution in [3.8, 4) is 0 Å². The number of piperidine rings is 1. The summed E-state index contributed by atoms with van der Waals surface area (Å²) in [5.74, 6) is 0.641. The topological polar surface area (TPSA) is 97.0 Å². The number of amides is 1. The number of hydrogen-bond donors (Lipinski definition) is 3. The summed E-state index contributed by atoms with van der Waals surface area (Å²) in [6, 6.07) is 0.274. The second-order valence-electron chi connectivity index (χ2n) is 8.52. The SMILES string of the molecule is CN1CC[C@@H](N2CC(S(=O)(=O)NC3CCCC4CNN(C)C43)CN2)CC1=O. The number of hydrogen-bond acceptors (Lipinski definition) is 7. The molecule has 0 aromatic rings. The first-order valence-electron chi connectivity index (χ1n) is 10.1. The van der Waals surface area contributed by atoms with Crippen molar-refractivity contribution in [2.75, 3.05) is 40.3 Å². The molecule has 3 saturated heterocycles. The third-order valence-electron chi connectivity index (χ3n) is 6.79. The fourth-order valence-corrected chi connectivity index (χ4v) is 6.65. The first-order chi connectivity index (χ1) is 12.8. The molecule has 4 rings (SSSR count). The van der Waals surface area contributed by atoms with Crippen molar-refractivity contribution in [3.05, 3.63) is 0 Å². The van der Waals surface area contributed by atoms with Gasteiger partial charge in [0.2, 0.25) is 15.9 Å². The van der Waals surface area contributed by atoms with Gasteiger partial charge in [0.25, 0.3) is 0 Å². The van der Waals surface area contributed by atoms with Crippen LogP contribution in [0.5, 0.6) is 0 Å². The molecule has 3 N–H and O–H groups in total. The van der Waals surface area contributed by atoms with Gasteiger partial charge < -0.3 is 4.90 Å². The van der Waals surface area contributed by atoms with E-state index >= 15 is 0 Å². The third-order valence-corrected chi connectivity index (χ3v) is 8.61. The zero-order valence-corrected chi connectivity index (χ0v) is 17.0. The molecule has 0 aromatic carbocycles. The van der Waals surface area contributed by atoms with E-state index in [2.05, 4.69) is 20.6 Å². The lowest BCUT2D eigenvalue weighted by atomic mass is 9.82. The zero-order chi connectivity index (χ0) is 19.2. The molecule has 0 radical (unpaired) electrons. The molecule has 4 aliphatic rings. The highest BCUT2D eigenvalue weighted by atomic mass is 32.2. The van der Waals surface area contributed by atoms with E-state index in [1.807, 2.05) is 19.1 Å². The Bertz CT molecular complexity index is 672. The van der Waals surface area contributed by atoms with E-state index in [1.54, 1.807) is 4.90 Å². The maximum Gasteiger partial charge on any atom is 0.223 e. The average Bonchev–Trinajstić information content (AvgIpc) is 3.26. The molecule has 0 spiro atoms. The number of likely N-dealkylation sites (N-methyl/N-ethyl adjacent to an activating group) is 1. The largest absolute Gasteiger partial charge is 0.346 e. The number of fused-ring (bicyclic) bond motifs is 1. The Hall–Kier alpha value is -0.780. The Balaban J connectivity index is 1.37. The van der Waals surface area contributed by atoms with Crippen LogP contribution in [0.1, 0.15) is 32.1 Å². The summed E-state index contributed by atoms with van der Waals surface area (Å²) in [5.41, 5.74) is 6.58. The van der Waals surface area contributed by atoms with Gasteiger partial charge in [-0.25, -0.2) is 23.2 Å². The number of likely N-dealkylation sites (tertiary alicyclic amines) is 1. The van der Waals surface area contributed by atoms with Gasteiger partial charge in [-0.2, -0.15) is 0 Å². The van der Waals surface area contributed by atoms with Gasteiger partial charge in [0.1, 0.15) is 5.25 Å². The van der Waals surface area contributed by atoms with Gasteiger partial charge in [-0.15, -0.1) is 0 Å². The van der Waals surface area contributed by atoms with Crippen LogP contribution in [-0.4, -0.2) is 92.9 Å². The van der Waals surface area contributed by atoms with E-state index in [0.717, 1.165) is 38.8 Å². The Morgan fingerprint density at radius 1 is 1.11 bits per heavy atom. The fourth-order valence-electron chi connectivity index (χ4n) is 5.13. The van der Waals surface area contributed by atoms with Crippen molar-refractivity contribution in [2.45, 2.75) is 55.5 Å². The quantitative estimate of drug-likeness (QED) is 0.540. The van der Waals surface area contributed by atoms with E-state index in [9.17, 15) is 13.2 Å². The van der Waals surface area contributed by atoms with Crippen LogP contribution in [0.25, 0.3) is 0 Å². The zero-order valence-electron chi connectivity index (χ0n) is 16.2. The highest BCUT2D eigenvalue weighted by Gasteiger charge is 2.44. The van der Waals surface area contributed by atoms with Gasteiger partial charge in [0.05, 0.1) is 0 Å². The highest BCUT2D eigenvalue weighted by Crippen LogP contribution is 2.31. The summed E-state index contributed by atoms with van der Waals surface area (Å²) < 4.78 is 29.1. The van der Waals surface area contributed by atoms with E-state index in [-0.39, 0.29) is 24.0 Å². The van der Waals surface area contributed by atoms with Crippen LogP contribution in [0.2, 0.25) is 0 Å². The molecule has 4 fully saturated rings. The van der Waals surface area contributed by atoms with E-state index in [1.165, 1.54) is 0 Å². The van der Waals surface area contributed by atoms with Crippen molar-refractivity contribution in [2.24, 2.45) is 5.92 Å². The molecule has 27 heavy (non-hydrogen) atoms. The number of rotatable bonds is 4. The standard InChI is InChI=1S/C17H32N6O3S/c1-21-7-6-13(8-16(21)24)23-11-14(10-19-23)27(25,26)20-15-5-3-4-12-9-18-22(2)17(12)15/h12-15,17-20H,3-11H2,1-2H3/t12?,13-,14?,15?,17?/m1/s1. The molecule has 10 heteroatoms. The molecule has 4 unspecified atom stereocenters. The van der Waals surface area contributed by atoms with Crippen molar-refractivity contribution < 1.29 is 13.2 Å². The summed E-state index contributed by atoms with van der Waals surface area (Å²) in [6.45, 7) is 2.50. The number of nitrogens with one attached hydrogen (secondary N) is 3. The Labute approximate surface area is 161 Å². The predicted octanol–water partition coefficient (Wildman–Crippen LogP) is -1.30. The van der Waals surface area contributed by atoms with Gasteiger partial charge in [-0.05, 0) is 25.2 Å². The molecule has 3 heterocycles. The van der Waals surface area contributed by atoms with Crippen molar-refractivity contribution in [1.29, 1.82) is 0 Å². The first-order valence-corrected chi connectivity index (χ1v) is 11.6. The number of carbonyl (C=O) groups excluding carboxylic acids is 1. The minimum absolute atomic E-state index is 0.0345. The Kier molecular flexibility index (Phi) is 5.47.